The van der Waals surface area contributed by atoms with Crippen LogP contribution in [0.15, 0.2) is 42.5 Å². The van der Waals surface area contributed by atoms with Crippen molar-refractivity contribution in [2.75, 3.05) is 31.7 Å². The zero-order valence-electron chi connectivity index (χ0n) is 16.5. The minimum atomic E-state index is -0.460. The highest BCUT2D eigenvalue weighted by molar-refractivity contribution is 5.94. The number of benzene rings is 1. The fourth-order valence-electron chi connectivity index (χ4n) is 3.39. The standard InChI is InChI=1S/C21H24N4O5/c22-17-12-28-11-15(17)8-25(21(27)30-10-14-4-2-1-3-5-14)9-16-6-7-18-20(23-16)24-19(26)13-29-18/h1-7,15,17H,8-13,22H2,(H,23,24,26)/t15-,17-/m0/s1. The summed E-state index contributed by atoms with van der Waals surface area (Å²) in [5.74, 6) is 0.598. The van der Waals surface area contributed by atoms with Crippen LogP contribution in [0.4, 0.5) is 10.6 Å². The van der Waals surface area contributed by atoms with Gasteiger partial charge in [0.25, 0.3) is 5.91 Å². The van der Waals surface area contributed by atoms with Crippen LogP contribution in [0.3, 0.4) is 0 Å². The number of pyridine rings is 1. The summed E-state index contributed by atoms with van der Waals surface area (Å²) in [6, 6.07) is 12.8. The second-order valence-electron chi connectivity index (χ2n) is 7.37. The number of ether oxygens (including phenoxy) is 3. The average molecular weight is 412 g/mol. The Bertz CT molecular complexity index is 908. The van der Waals surface area contributed by atoms with Crippen molar-refractivity contribution < 1.29 is 23.8 Å². The van der Waals surface area contributed by atoms with E-state index in [1.807, 2.05) is 30.3 Å². The lowest BCUT2D eigenvalue weighted by Gasteiger charge is -2.26. The van der Waals surface area contributed by atoms with Crippen LogP contribution in [-0.2, 0) is 27.4 Å². The Kier molecular flexibility index (Phi) is 6.10. The summed E-state index contributed by atoms with van der Waals surface area (Å²) in [6.45, 7) is 1.69. The molecule has 30 heavy (non-hydrogen) atoms. The monoisotopic (exact) mass is 412 g/mol. The van der Waals surface area contributed by atoms with E-state index in [0.29, 0.717) is 37.0 Å². The summed E-state index contributed by atoms with van der Waals surface area (Å²) in [5, 5.41) is 2.68. The molecule has 0 aliphatic carbocycles. The molecule has 0 unspecified atom stereocenters. The number of anilines is 1. The molecule has 0 saturated carbocycles. The molecule has 9 nitrogen and oxygen atoms in total. The van der Waals surface area contributed by atoms with Gasteiger partial charge in [0.05, 0.1) is 25.5 Å². The maximum atomic E-state index is 12.9. The second kappa shape index (κ2) is 9.10. The summed E-state index contributed by atoms with van der Waals surface area (Å²) >= 11 is 0. The summed E-state index contributed by atoms with van der Waals surface area (Å²) in [6.07, 6.45) is -0.460. The van der Waals surface area contributed by atoms with Crippen molar-refractivity contribution in [1.29, 1.82) is 0 Å². The Hall–Kier alpha value is -3.17. The zero-order chi connectivity index (χ0) is 20.9. The van der Waals surface area contributed by atoms with E-state index in [-0.39, 0.29) is 37.6 Å². The molecule has 0 bridgehead atoms. The highest BCUT2D eigenvalue weighted by Crippen LogP contribution is 2.26. The molecule has 4 rings (SSSR count). The quantitative estimate of drug-likeness (QED) is 0.739. The minimum absolute atomic E-state index is 0.00920. The molecule has 2 amide bonds. The Labute approximate surface area is 174 Å². The molecule has 3 heterocycles. The highest BCUT2D eigenvalue weighted by atomic mass is 16.6. The molecule has 1 aromatic carbocycles. The van der Waals surface area contributed by atoms with E-state index < -0.39 is 6.09 Å². The predicted octanol–water partition coefficient (Wildman–Crippen LogP) is 1.52. The molecule has 3 N–H and O–H groups in total. The van der Waals surface area contributed by atoms with Gasteiger partial charge in [0.1, 0.15) is 6.61 Å². The molecule has 2 aromatic rings. The lowest BCUT2D eigenvalue weighted by molar-refractivity contribution is -0.118. The van der Waals surface area contributed by atoms with E-state index in [1.165, 1.54) is 0 Å². The largest absolute Gasteiger partial charge is 0.480 e. The summed E-state index contributed by atoms with van der Waals surface area (Å²) in [5.41, 5.74) is 7.61. The Balaban J connectivity index is 1.47. The maximum absolute atomic E-state index is 12.9. The number of rotatable bonds is 6. The fraction of sp³-hybridized carbons (Fsp3) is 0.381. The van der Waals surface area contributed by atoms with Gasteiger partial charge in [-0.05, 0) is 17.7 Å². The molecule has 2 aliphatic heterocycles. The van der Waals surface area contributed by atoms with Gasteiger partial charge in [-0.25, -0.2) is 9.78 Å². The Morgan fingerprint density at radius 3 is 2.83 bits per heavy atom. The van der Waals surface area contributed by atoms with E-state index in [9.17, 15) is 9.59 Å². The third-order valence-electron chi connectivity index (χ3n) is 5.05. The van der Waals surface area contributed by atoms with Crippen LogP contribution in [0, 0.1) is 5.92 Å². The fourth-order valence-corrected chi connectivity index (χ4v) is 3.39. The topological polar surface area (TPSA) is 116 Å². The van der Waals surface area contributed by atoms with Gasteiger partial charge in [-0.3, -0.25) is 4.79 Å². The van der Waals surface area contributed by atoms with Gasteiger partial charge >= 0.3 is 6.09 Å². The van der Waals surface area contributed by atoms with Gasteiger partial charge in [0, 0.05) is 18.5 Å². The van der Waals surface area contributed by atoms with E-state index in [4.69, 9.17) is 19.9 Å². The molecule has 0 radical (unpaired) electrons. The Morgan fingerprint density at radius 1 is 1.23 bits per heavy atom. The summed E-state index contributed by atoms with van der Waals surface area (Å²) in [4.78, 5) is 30.4. The SMILES string of the molecule is N[C@H]1COC[C@@H]1CN(Cc1ccc2c(n1)NC(=O)CO2)C(=O)OCc1ccccc1. The number of nitrogens with one attached hydrogen (secondary N) is 1. The van der Waals surface area contributed by atoms with Crippen LogP contribution in [0.25, 0.3) is 0 Å². The molecular weight excluding hydrogens is 388 g/mol. The normalized spacial score (nSPS) is 20.1. The Morgan fingerprint density at radius 2 is 2.07 bits per heavy atom. The third-order valence-corrected chi connectivity index (χ3v) is 5.05. The number of amides is 2. The van der Waals surface area contributed by atoms with Crippen molar-refractivity contribution in [2.45, 2.75) is 19.2 Å². The second-order valence-corrected chi connectivity index (χ2v) is 7.37. The first kappa shape index (κ1) is 20.1. The van der Waals surface area contributed by atoms with E-state index in [1.54, 1.807) is 17.0 Å². The first-order valence-corrected chi connectivity index (χ1v) is 9.80. The molecule has 2 atom stereocenters. The first-order valence-electron chi connectivity index (χ1n) is 9.80. The molecular formula is C21H24N4O5. The lowest BCUT2D eigenvalue weighted by atomic mass is 10.0. The van der Waals surface area contributed by atoms with Gasteiger partial charge in [-0.1, -0.05) is 30.3 Å². The van der Waals surface area contributed by atoms with E-state index in [0.717, 1.165) is 5.56 Å². The number of nitrogens with two attached hydrogens (primary N) is 1. The molecule has 158 valence electrons. The molecule has 2 aliphatic rings. The van der Waals surface area contributed by atoms with Crippen LogP contribution in [0.5, 0.6) is 5.75 Å². The highest BCUT2D eigenvalue weighted by Gasteiger charge is 2.30. The predicted molar refractivity (Wildman–Crippen MR) is 108 cm³/mol. The van der Waals surface area contributed by atoms with Gasteiger partial charge in [-0.15, -0.1) is 0 Å². The van der Waals surface area contributed by atoms with Crippen molar-refractivity contribution in [3.05, 3.63) is 53.7 Å². The summed E-state index contributed by atoms with van der Waals surface area (Å²) < 4.78 is 16.3. The lowest BCUT2D eigenvalue weighted by Crippen LogP contribution is -2.41. The van der Waals surface area contributed by atoms with Crippen LogP contribution in [0.1, 0.15) is 11.3 Å². The first-order chi connectivity index (χ1) is 14.6. The van der Waals surface area contributed by atoms with Crippen molar-refractivity contribution in [2.24, 2.45) is 11.7 Å². The number of carbonyl (C=O) groups is 2. The van der Waals surface area contributed by atoms with Crippen molar-refractivity contribution in [1.82, 2.24) is 9.88 Å². The van der Waals surface area contributed by atoms with Gasteiger partial charge in [-0.2, -0.15) is 0 Å². The zero-order valence-corrected chi connectivity index (χ0v) is 16.5. The molecule has 1 saturated heterocycles. The third kappa shape index (κ3) is 4.87. The van der Waals surface area contributed by atoms with E-state index in [2.05, 4.69) is 10.3 Å². The van der Waals surface area contributed by atoms with Crippen molar-refractivity contribution in [3.63, 3.8) is 0 Å². The van der Waals surface area contributed by atoms with Crippen molar-refractivity contribution >= 4 is 17.8 Å². The number of nitrogens with zero attached hydrogens (tertiary/aromatic N) is 2. The van der Waals surface area contributed by atoms with Crippen LogP contribution < -0.4 is 15.8 Å². The molecule has 0 spiro atoms. The van der Waals surface area contributed by atoms with Crippen molar-refractivity contribution in [3.8, 4) is 5.75 Å². The average Bonchev–Trinajstić information content (AvgIpc) is 3.16. The maximum Gasteiger partial charge on any atom is 0.410 e. The van der Waals surface area contributed by atoms with Crippen LogP contribution in [0.2, 0.25) is 0 Å². The van der Waals surface area contributed by atoms with Gasteiger partial charge in [0.15, 0.2) is 18.2 Å². The molecule has 9 heteroatoms. The van der Waals surface area contributed by atoms with Gasteiger partial charge in [0.2, 0.25) is 0 Å². The van der Waals surface area contributed by atoms with Gasteiger partial charge < -0.3 is 30.2 Å². The van der Waals surface area contributed by atoms with E-state index >= 15 is 0 Å². The number of aromatic nitrogens is 1. The minimum Gasteiger partial charge on any atom is -0.480 e. The molecule has 1 fully saturated rings. The number of hydrogen-bond donors (Lipinski definition) is 2. The number of carbonyl (C=O) groups excluding carboxylic acids is 2. The summed E-state index contributed by atoms with van der Waals surface area (Å²) in [7, 11) is 0. The van der Waals surface area contributed by atoms with Crippen LogP contribution in [-0.4, -0.2) is 54.3 Å². The smallest absolute Gasteiger partial charge is 0.410 e. The molecule has 1 aromatic heterocycles. The number of hydrogen-bond acceptors (Lipinski definition) is 7. The number of fused-ring (bicyclic) bond motifs is 1. The van der Waals surface area contributed by atoms with Crippen LogP contribution >= 0.6 is 0 Å².